The van der Waals surface area contributed by atoms with Gasteiger partial charge < -0.3 is 15.6 Å². The first-order valence-corrected chi connectivity index (χ1v) is 8.97. The molecule has 1 amide bonds. The van der Waals surface area contributed by atoms with Crippen LogP contribution < -0.4 is 11.1 Å². The van der Waals surface area contributed by atoms with Gasteiger partial charge in [-0.1, -0.05) is 11.6 Å². The summed E-state index contributed by atoms with van der Waals surface area (Å²) in [7, 11) is 0. The fourth-order valence-corrected chi connectivity index (χ4v) is 4.26. The van der Waals surface area contributed by atoms with Gasteiger partial charge in [-0.3, -0.25) is 9.78 Å². The normalized spacial score (nSPS) is 26.4. The molecule has 148 valence electrons. The SMILES string of the molecule is Cl.Cl.NC1C2CCCC1CC(C(=O)NCc1nc(-c3ccncc3)no1)C2. The highest BCUT2D eigenvalue weighted by Crippen LogP contribution is 2.41. The van der Waals surface area contributed by atoms with Gasteiger partial charge in [-0.05, 0) is 49.7 Å². The summed E-state index contributed by atoms with van der Waals surface area (Å²) in [6, 6.07) is 3.91. The molecule has 2 aliphatic carbocycles. The molecule has 2 saturated carbocycles. The van der Waals surface area contributed by atoms with Crippen LogP contribution in [0.3, 0.4) is 0 Å². The third kappa shape index (κ3) is 4.78. The van der Waals surface area contributed by atoms with Gasteiger partial charge in [0.15, 0.2) is 0 Å². The van der Waals surface area contributed by atoms with E-state index in [2.05, 4.69) is 20.4 Å². The minimum Gasteiger partial charge on any atom is -0.347 e. The zero-order valence-electron chi connectivity index (χ0n) is 14.9. The Hall–Kier alpha value is -1.70. The van der Waals surface area contributed by atoms with E-state index in [0.29, 0.717) is 23.6 Å². The molecule has 0 aromatic carbocycles. The predicted octanol–water partition coefficient (Wildman–Crippen LogP) is 2.75. The molecule has 2 aromatic rings. The molecule has 9 heteroatoms. The van der Waals surface area contributed by atoms with E-state index in [1.165, 1.54) is 6.42 Å². The lowest BCUT2D eigenvalue weighted by Gasteiger charge is -2.43. The maximum absolute atomic E-state index is 12.5. The van der Waals surface area contributed by atoms with Crippen LogP contribution in [0.1, 0.15) is 38.0 Å². The third-order valence-corrected chi connectivity index (χ3v) is 5.60. The molecule has 0 aliphatic heterocycles. The number of nitrogens with one attached hydrogen (secondary N) is 1. The van der Waals surface area contributed by atoms with Crippen LogP contribution in [0.5, 0.6) is 0 Å². The Morgan fingerprint density at radius 2 is 1.85 bits per heavy atom. The standard InChI is InChI=1S/C18H23N5O2.2ClH/c19-16-12-2-1-3-13(16)9-14(8-12)18(24)21-10-15-22-17(23-25-15)11-4-6-20-7-5-11;;/h4-7,12-14,16H,1-3,8-10,19H2,(H,21,24);2*1H. The highest BCUT2D eigenvalue weighted by atomic mass is 35.5. The monoisotopic (exact) mass is 413 g/mol. The van der Waals surface area contributed by atoms with Crippen LogP contribution in [-0.4, -0.2) is 27.1 Å². The highest BCUT2D eigenvalue weighted by molar-refractivity contribution is 5.85. The maximum atomic E-state index is 12.5. The number of nitrogens with two attached hydrogens (primary N) is 1. The van der Waals surface area contributed by atoms with Gasteiger partial charge in [0, 0.05) is 29.9 Å². The van der Waals surface area contributed by atoms with Crippen molar-refractivity contribution in [2.45, 2.75) is 44.7 Å². The van der Waals surface area contributed by atoms with Gasteiger partial charge in [-0.2, -0.15) is 4.98 Å². The molecule has 2 fully saturated rings. The average Bonchev–Trinajstić information content (AvgIpc) is 3.09. The molecular weight excluding hydrogens is 389 g/mol. The first-order valence-electron chi connectivity index (χ1n) is 8.97. The van der Waals surface area contributed by atoms with E-state index in [1.807, 2.05) is 12.1 Å². The fourth-order valence-electron chi connectivity index (χ4n) is 4.26. The van der Waals surface area contributed by atoms with E-state index in [0.717, 1.165) is 31.2 Å². The van der Waals surface area contributed by atoms with Gasteiger partial charge in [0.05, 0.1) is 6.54 Å². The van der Waals surface area contributed by atoms with E-state index in [4.69, 9.17) is 10.3 Å². The van der Waals surface area contributed by atoms with Crippen molar-refractivity contribution in [2.24, 2.45) is 23.5 Å². The summed E-state index contributed by atoms with van der Waals surface area (Å²) in [4.78, 5) is 20.8. The van der Waals surface area contributed by atoms with E-state index in [-0.39, 0.29) is 49.2 Å². The minimum absolute atomic E-state index is 0. The minimum atomic E-state index is 0. The second-order valence-electron chi connectivity index (χ2n) is 7.16. The largest absolute Gasteiger partial charge is 0.347 e. The number of carbonyl (C=O) groups excluding carboxylic acids is 1. The summed E-state index contributed by atoms with van der Waals surface area (Å²) in [6.07, 6.45) is 8.71. The molecule has 2 unspecified atom stereocenters. The number of amides is 1. The molecule has 27 heavy (non-hydrogen) atoms. The van der Waals surface area contributed by atoms with E-state index in [1.54, 1.807) is 12.4 Å². The lowest BCUT2D eigenvalue weighted by molar-refractivity contribution is -0.128. The van der Waals surface area contributed by atoms with Crippen molar-refractivity contribution in [3.63, 3.8) is 0 Å². The summed E-state index contributed by atoms with van der Waals surface area (Å²) in [6.45, 7) is 0.259. The topological polar surface area (TPSA) is 107 Å². The fraction of sp³-hybridized carbons (Fsp3) is 0.556. The molecule has 3 N–H and O–H groups in total. The number of hydrogen-bond donors (Lipinski definition) is 2. The Labute approximate surface area is 170 Å². The van der Waals surface area contributed by atoms with Crippen LogP contribution in [0.4, 0.5) is 0 Å². The number of rotatable bonds is 4. The number of hydrogen-bond acceptors (Lipinski definition) is 6. The number of carbonyl (C=O) groups is 1. The number of nitrogens with zero attached hydrogens (tertiary/aromatic N) is 3. The van der Waals surface area contributed by atoms with E-state index >= 15 is 0 Å². The first-order chi connectivity index (χ1) is 12.2. The Kier molecular flexibility index (Phi) is 7.59. The van der Waals surface area contributed by atoms with Crippen LogP contribution in [0, 0.1) is 17.8 Å². The summed E-state index contributed by atoms with van der Waals surface area (Å²) < 4.78 is 5.23. The molecular formula is C18H25Cl2N5O2. The molecule has 0 spiro atoms. The van der Waals surface area contributed by atoms with Crippen LogP contribution in [0.25, 0.3) is 11.4 Å². The quantitative estimate of drug-likeness (QED) is 0.797. The van der Waals surface area contributed by atoms with Crippen LogP contribution in [0.2, 0.25) is 0 Å². The second-order valence-corrected chi connectivity index (χ2v) is 7.16. The van der Waals surface area contributed by atoms with E-state index < -0.39 is 0 Å². The molecule has 4 rings (SSSR count). The number of pyridine rings is 1. The lowest BCUT2D eigenvalue weighted by Crippen LogP contribution is -2.49. The Balaban J connectivity index is 0.00000131. The molecule has 2 aliphatic rings. The zero-order valence-corrected chi connectivity index (χ0v) is 16.5. The van der Waals surface area contributed by atoms with Crippen molar-refractivity contribution in [3.8, 4) is 11.4 Å². The van der Waals surface area contributed by atoms with Crippen molar-refractivity contribution in [2.75, 3.05) is 0 Å². The van der Waals surface area contributed by atoms with Crippen molar-refractivity contribution in [1.29, 1.82) is 0 Å². The van der Waals surface area contributed by atoms with Crippen molar-refractivity contribution >= 4 is 30.7 Å². The van der Waals surface area contributed by atoms with Crippen LogP contribution in [0.15, 0.2) is 29.0 Å². The predicted molar refractivity (Wildman–Crippen MR) is 105 cm³/mol. The molecule has 2 heterocycles. The Morgan fingerprint density at radius 1 is 1.19 bits per heavy atom. The molecule has 2 atom stereocenters. The highest BCUT2D eigenvalue weighted by Gasteiger charge is 2.40. The van der Waals surface area contributed by atoms with Gasteiger partial charge in [-0.25, -0.2) is 0 Å². The molecule has 0 radical (unpaired) electrons. The third-order valence-electron chi connectivity index (χ3n) is 5.60. The Bertz CT molecular complexity index is 728. The first kappa shape index (κ1) is 21.6. The smallest absolute Gasteiger partial charge is 0.246 e. The summed E-state index contributed by atoms with van der Waals surface area (Å²) in [5.41, 5.74) is 7.14. The van der Waals surface area contributed by atoms with Crippen molar-refractivity contribution in [3.05, 3.63) is 30.4 Å². The van der Waals surface area contributed by atoms with Crippen molar-refractivity contribution < 1.29 is 9.32 Å². The van der Waals surface area contributed by atoms with Gasteiger partial charge in [-0.15, -0.1) is 24.8 Å². The molecule has 2 bridgehead atoms. The average molecular weight is 414 g/mol. The molecule has 2 aromatic heterocycles. The van der Waals surface area contributed by atoms with Crippen LogP contribution in [-0.2, 0) is 11.3 Å². The number of aromatic nitrogens is 3. The lowest BCUT2D eigenvalue weighted by atomic mass is 9.65. The van der Waals surface area contributed by atoms with E-state index in [9.17, 15) is 4.79 Å². The van der Waals surface area contributed by atoms with Gasteiger partial charge in [0.25, 0.3) is 0 Å². The maximum Gasteiger partial charge on any atom is 0.246 e. The summed E-state index contributed by atoms with van der Waals surface area (Å²) in [5.74, 6) is 2.03. The van der Waals surface area contributed by atoms with Gasteiger partial charge in [0.1, 0.15) is 0 Å². The van der Waals surface area contributed by atoms with Gasteiger partial charge in [0.2, 0.25) is 17.6 Å². The molecule has 7 nitrogen and oxygen atoms in total. The summed E-state index contributed by atoms with van der Waals surface area (Å²) in [5, 5.41) is 6.90. The zero-order chi connectivity index (χ0) is 17.2. The number of halogens is 2. The molecule has 0 saturated heterocycles. The summed E-state index contributed by atoms with van der Waals surface area (Å²) >= 11 is 0. The Morgan fingerprint density at radius 3 is 2.52 bits per heavy atom. The van der Waals surface area contributed by atoms with Crippen LogP contribution >= 0.6 is 24.8 Å². The van der Waals surface area contributed by atoms with Crippen molar-refractivity contribution in [1.82, 2.24) is 20.4 Å². The number of fused-ring (bicyclic) bond motifs is 2. The second kappa shape index (κ2) is 9.48. The van der Waals surface area contributed by atoms with Gasteiger partial charge >= 0.3 is 0 Å².